The lowest BCUT2D eigenvalue weighted by atomic mass is 10.0. The number of anilines is 3. The van der Waals surface area contributed by atoms with E-state index in [1.54, 1.807) is 19.2 Å². The number of non-ortho nitro benzene ring substituents is 1. The molecule has 56 heavy (non-hydrogen) atoms. The van der Waals surface area contributed by atoms with Crippen molar-refractivity contribution in [2.45, 2.75) is 27.7 Å². The van der Waals surface area contributed by atoms with E-state index < -0.39 is 4.92 Å². The average Bonchev–Trinajstić information content (AvgIpc) is 3.23. The molecule has 0 bridgehead atoms. The number of methoxy groups -OCH3 is 1. The molecule has 0 unspecified atom stereocenters. The normalized spacial score (nSPS) is 11.4. The van der Waals surface area contributed by atoms with Crippen LogP contribution in [0.3, 0.4) is 0 Å². The number of benzene rings is 5. The van der Waals surface area contributed by atoms with Crippen molar-refractivity contribution in [3.05, 3.63) is 142 Å². The predicted octanol–water partition coefficient (Wildman–Crippen LogP) is 11.6. The minimum Gasteiger partial charge on any atom is -0.496 e. The summed E-state index contributed by atoms with van der Waals surface area (Å²) in [5.74, 6) is 1.52. The zero-order valence-corrected chi connectivity index (χ0v) is 33.3. The summed E-state index contributed by atoms with van der Waals surface area (Å²) in [7, 11) is 3.72. The van der Waals surface area contributed by atoms with Crippen LogP contribution in [-0.4, -0.2) is 58.4 Å². The Kier molecular flexibility index (Phi) is 14.8. The molecule has 5 aromatic rings. The second-order valence-electron chi connectivity index (χ2n) is 13.1. The van der Waals surface area contributed by atoms with Gasteiger partial charge in [-0.25, -0.2) is 0 Å². The minimum absolute atomic E-state index is 0.0154. The second kappa shape index (κ2) is 20.3. The standard InChI is InChI=1S/C46H52N6O4/c1-7-50(8-2)42-23-13-35(14-24-42)11-17-37-34-46(38(33-45(37)55-6)18-12-36-15-25-43(26-16-36)51(9-3)10-4)56-32-31-49(5)41-27-19-39(20-28-41)47-48-40-21-29-44(30-22-40)52(53)54/h11-30,33-34H,7-10,31-32H2,1-6H3/b17-11+,18-12+,48-47?. The van der Waals surface area contributed by atoms with Gasteiger partial charge in [-0.1, -0.05) is 48.6 Å². The lowest BCUT2D eigenvalue weighted by Gasteiger charge is -2.21. The molecule has 0 atom stereocenters. The molecule has 0 heterocycles. The molecule has 10 nitrogen and oxygen atoms in total. The summed E-state index contributed by atoms with van der Waals surface area (Å²) in [5, 5.41) is 19.4. The Morgan fingerprint density at radius 1 is 0.607 bits per heavy atom. The van der Waals surface area contributed by atoms with Crippen LogP contribution in [0.25, 0.3) is 24.3 Å². The first-order valence-corrected chi connectivity index (χ1v) is 19.1. The fraction of sp³-hybridized carbons (Fsp3) is 0.261. The van der Waals surface area contributed by atoms with Gasteiger partial charge in [0.05, 0.1) is 30.0 Å². The van der Waals surface area contributed by atoms with Crippen LogP contribution in [0.4, 0.5) is 34.1 Å². The summed E-state index contributed by atoms with van der Waals surface area (Å²) in [6, 6.07) is 35.0. The van der Waals surface area contributed by atoms with Crippen LogP contribution >= 0.6 is 0 Å². The molecule has 0 aliphatic rings. The van der Waals surface area contributed by atoms with E-state index >= 15 is 0 Å². The lowest BCUT2D eigenvalue weighted by molar-refractivity contribution is -0.384. The van der Waals surface area contributed by atoms with Gasteiger partial charge in [0.15, 0.2) is 0 Å². The van der Waals surface area contributed by atoms with Gasteiger partial charge in [-0.05, 0) is 112 Å². The molecule has 0 aromatic heterocycles. The summed E-state index contributed by atoms with van der Waals surface area (Å²) in [5.41, 5.74) is 8.69. The molecule has 0 fully saturated rings. The van der Waals surface area contributed by atoms with Gasteiger partial charge in [-0.2, -0.15) is 10.2 Å². The van der Waals surface area contributed by atoms with Crippen molar-refractivity contribution in [1.29, 1.82) is 0 Å². The molecule has 10 heteroatoms. The molecule has 0 spiro atoms. The average molecular weight is 753 g/mol. The first-order valence-electron chi connectivity index (χ1n) is 19.1. The van der Waals surface area contributed by atoms with Gasteiger partial charge in [0.2, 0.25) is 0 Å². The molecule has 0 radical (unpaired) electrons. The highest BCUT2D eigenvalue weighted by Gasteiger charge is 2.11. The Labute approximate surface area is 331 Å². The maximum absolute atomic E-state index is 10.9. The third-order valence-corrected chi connectivity index (χ3v) is 9.63. The van der Waals surface area contributed by atoms with Crippen LogP contribution in [0, 0.1) is 10.1 Å². The zero-order valence-electron chi connectivity index (χ0n) is 33.3. The maximum Gasteiger partial charge on any atom is 0.269 e. The predicted molar refractivity (Wildman–Crippen MR) is 233 cm³/mol. The Morgan fingerprint density at radius 2 is 1.04 bits per heavy atom. The Balaban J connectivity index is 1.32. The van der Waals surface area contributed by atoms with Crippen molar-refractivity contribution in [2.75, 3.05) is 68.2 Å². The fourth-order valence-corrected chi connectivity index (χ4v) is 6.25. The van der Waals surface area contributed by atoms with Crippen LogP contribution in [0.2, 0.25) is 0 Å². The van der Waals surface area contributed by atoms with E-state index in [9.17, 15) is 10.1 Å². The summed E-state index contributed by atoms with van der Waals surface area (Å²) >= 11 is 0. The maximum atomic E-state index is 10.9. The van der Waals surface area contributed by atoms with Crippen LogP contribution < -0.4 is 24.2 Å². The molecule has 0 saturated carbocycles. The van der Waals surface area contributed by atoms with Crippen LogP contribution in [0.1, 0.15) is 49.9 Å². The number of rotatable bonds is 19. The van der Waals surface area contributed by atoms with E-state index in [0.717, 1.165) is 65.6 Å². The van der Waals surface area contributed by atoms with Crippen molar-refractivity contribution in [2.24, 2.45) is 10.2 Å². The number of nitrogens with zero attached hydrogens (tertiary/aromatic N) is 6. The van der Waals surface area contributed by atoms with Gasteiger partial charge in [0, 0.05) is 73.5 Å². The Bertz CT molecular complexity index is 2090. The van der Waals surface area contributed by atoms with Crippen molar-refractivity contribution < 1.29 is 14.4 Å². The number of ether oxygens (including phenoxy) is 2. The van der Waals surface area contributed by atoms with E-state index in [2.05, 4.69) is 125 Å². The number of nitro benzene ring substituents is 1. The molecule has 0 aliphatic carbocycles. The SMILES string of the molecule is CCN(CC)c1ccc(/C=C/c2cc(OCCN(C)c3ccc(N=Nc4ccc([N+](=O)[O-])cc4)cc3)c(/C=C/c3ccc(N(CC)CC)cc3)cc2OC)cc1. The number of hydrogen-bond acceptors (Lipinski definition) is 9. The molecule has 5 rings (SSSR count). The van der Waals surface area contributed by atoms with Gasteiger partial charge < -0.3 is 24.2 Å². The van der Waals surface area contributed by atoms with Crippen LogP contribution in [0.15, 0.2) is 119 Å². The first kappa shape index (κ1) is 40.8. The van der Waals surface area contributed by atoms with E-state index in [1.165, 1.54) is 23.5 Å². The van der Waals surface area contributed by atoms with Crippen LogP contribution in [-0.2, 0) is 0 Å². The minimum atomic E-state index is -0.438. The molecular formula is C46H52N6O4. The smallest absolute Gasteiger partial charge is 0.269 e. The highest BCUT2D eigenvalue weighted by atomic mass is 16.6. The molecule has 0 amide bonds. The highest BCUT2D eigenvalue weighted by Crippen LogP contribution is 2.33. The van der Waals surface area contributed by atoms with E-state index in [4.69, 9.17) is 9.47 Å². The quantitative estimate of drug-likeness (QED) is 0.0358. The third kappa shape index (κ3) is 11.1. The van der Waals surface area contributed by atoms with Crippen LogP contribution in [0.5, 0.6) is 11.5 Å². The summed E-state index contributed by atoms with van der Waals surface area (Å²) in [6.07, 6.45) is 8.36. The summed E-state index contributed by atoms with van der Waals surface area (Å²) < 4.78 is 12.4. The first-order chi connectivity index (χ1) is 27.2. The molecule has 5 aromatic carbocycles. The molecule has 0 aliphatic heterocycles. The summed E-state index contributed by atoms with van der Waals surface area (Å²) in [4.78, 5) is 17.3. The summed E-state index contributed by atoms with van der Waals surface area (Å²) in [6.45, 7) is 13.6. The van der Waals surface area contributed by atoms with Crippen molar-refractivity contribution >= 4 is 58.4 Å². The molecule has 0 N–H and O–H groups in total. The van der Waals surface area contributed by atoms with Gasteiger partial charge in [0.1, 0.15) is 18.1 Å². The largest absolute Gasteiger partial charge is 0.496 e. The van der Waals surface area contributed by atoms with E-state index in [0.29, 0.717) is 24.5 Å². The number of hydrogen-bond donors (Lipinski definition) is 0. The fourth-order valence-electron chi connectivity index (χ4n) is 6.25. The lowest BCUT2D eigenvalue weighted by Crippen LogP contribution is -2.23. The molecule has 0 saturated heterocycles. The molecule has 290 valence electrons. The van der Waals surface area contributed by atoms with Crippen molar-refractivity contribution in [3.8, 4) is 11.5 Å². The Morgan fingerprint density at radius 3 is 1.48 bits per heavy atom. The van der Waals surface area contributed by atoms with Gasteiger partial charge in [-0.15, -0.1) is 0 Å². The number of likely N-dealkylation sites (N-methyl/N-ethyl adjacent to an activating group) is 1. The van der Waals surface area contributed by atoms with Crippen molar-refractivity contribution in [1.82, 2.24) is 0 Å². The van der Waals surface area contributed by atoms with Gasteiger partial charge >= 0.3 is 0 Å². The highest BCUT2D eigenvalue weighted by molar-refractivity contribution is 5.79. The second-order valence-corrected chi connectivity index (χ2v) is 13.1. The van der Waals surface area contributed by atoms with E-state index in [-0.39, 0.29) is 5.69 Å². The monoisotopic (exact) mass is 752 g/mol. The van der Waals surface area contributed by atoms with Crippen molar-refractivity contribution in [3.63, 3.8) is 0 Å². The zero-order chi connectivity index (χ0) is 39.9. The third-order valence-electron chi connectivity index (χ3n) is 9.63. The topological polar surface area (TPSA) is 96.0 Å². The van der Waals surface area contributed by atoms with E-state index in [1.807, 2.05) is 43.4 Å². The van der Waals surface area contributed by atoms with Gasteiger partial charge in [0.25, 0.3) is 5.69 Å². The van der Waals surface area contributed by atoms with Gasteiger partial charge in [-0.3, -0.25) is 10.1 Å². The Hall–Kier alpha value is -6.42. The number of nitro groups is 1. The number of azo groups is 1. The molecular weight excluding hydrogens is 701 g/mol.